The largest absolute Gasteiger partial charge is 0.354 e. The third kappa shape index (κ3) is 6.89. The fraction of sp³-hybridized carbons (Fsp3) is 0.514. The Kier molecular flexibility index (Phi) is 9.87. The molecule has 1 saturated heterocycles. The van der Waals surface area contributed by atoms with Crippen LogP contribution in [0.4, 0.5) is 5.82 Å². The van der Waals surface area contributed by atoms with Crippen LogP contribution < -0.4 is 15.8 Å². The van der Waals surface area contributed by atoms with E-state index in [0.29, 0.717) is 23.2 Å². The number of carbonyl (C=O) groups excluding carboxylic acids is 1. The van der Waals surface area contributed by atoms with E-state index in [1.807, 2.05) is 31.5 Å². The Labute approximate surface area is 272 Å². The number of carbonyl (C=O) groups is 1. The highest BCUT2D eigenvalue weighted by Gasteiger charge is 2.23. The first kappa shape index (κ1) is 32.0. The molecule has 4 heterocycles. The minimum Gasteiger partial charge on any atom is -0.354 e. The van der Waals surface area contributed by atoms with Gasteiger partial charge in [0.25, 0.3) is 11.5 Å². The van der Waals surface area contributed by atoms with Gasteiger partial charge in [0.15, 0.2) is 0 Å². The van der Waals surface area contributed by atoms with Gasteiger partial charge in [-0.2, -0.15) is 5.10 Å². The average Bonchev–Trinajstić information content (AvgIpc) is 3.29. The number of pyridine rings is 2. The third-order valence-electron chi connectivity index (χ3n) is 9.89. The lowest BCUT2D eigenvalue weighted by molar-refractivity contribution is 0.0952. The van der Waals surface area contributed by atoms with E-state index in [4.69, 9.17) is 10.1 Å². The summed E-state index contributed by atoms with van der Waals surface area (Å²) in [7, 11) is 0. The van der Waals surface area contributed by atoms with E-state index in [2.05, 4.69) is 63.8 Å². The Balaban J connectivity index is 1.32. The molecule has 0 radical (unpaired) electrons. The summed E-state index contributed by atoms with van der Waals surface area (Å²) < 4.78 is 2.15. The van der Waals surface area contributed by atoms with Gasteiger partial charge in [0.05, 0.1) is 23.3 Å². The molecule has 0 spiro atoms. The van der Waals surface area contributed by atoms with Crippen molar-refractivity contribution in [2.24, 2.45) is 0 Å². The number of benzene rings is 1. The number of H-pyrrole nitrogens is 1. The molecule has 0 bridgehead atoms. The molecule has 2 aliphatic rings. The van der Waals surface area contributed by atoms with Crippen LogP contribution in [0.25, 0.3) is 22.0 Å². The highest BCUT2D eigenvalue weighted by atomic mass is 16.1. The van der Waals surface area contributed by atoms with E-state index in [1.165, 1.54) is 25.7 Å². The first-order valence-electron chi connectivity index (χ1n) is 17.3. The highest BCUT2D eigenvalue weighted by Crippen LogP contribution is 2.34. The lowest BCUT2D eigenvalue weighted by atomic mass is 9.99. The van der Waals surface area contributed by atoms with Gasteiger partial charge in [0, 0.05) is 67.2 Å². The van der Waals surface area contributed by atoms with E-state index in [0.717, 1.165) is 91.0 Å². The number of aromatic nitrogens is 4. The molecule has 9 nitrogen and oxygen atoms in total. The van der Waals surface area contributed by atoms with Crippen molar-refractivity contribution in [2.45, 2.75) is 97.7 Å². The van der Waals surface area contributed by atoms with Crippen molar-refractivity contribution in [2.75, 3.05) is 31.1 Å². The smallest absolute Gasteiger partial charge is 0.253 e. The maximum atomic E-state index is 14.0. The van der Waals surface area contributed by atoms with Crippen molar-refractivity contribution in [3.05, 3.63) is 75.5 Å². The van der Waals surface area contributed by atoms with E-state index in [-0.39, 0.29) is 18.0 Å². The second kappa shape index (κ2) is 14.2. The van der Waals surface area contributed by atoms with Crippen LogP contribution in [0.15, 0.2) is 47.5 Å². The molecule has 3 aromatic heterocycles. The fourth-order valence-corrected chi connectivity index (χ4v) is 7.24. The van der Waals surface area contributed by atoms with Gasteiger partial charge in [-0.15, -0.1) is 0 Å². The molecule has 46 heavy (non-hydrogen) atoms. The molecule has 2 N–H and O–H groups in total. The number of hydrogen-bond acceptors (Lipinski definition) is 6. The van der Waals surface area contributed by atoms with Crippen LogP contribution in [0.5, 0.6) is 0 Å². The molecule has 0 unspecified atom stereocenters. The van der Waals surface area contributed by atoms with Crippen LogP contribution in [-0.4, -0.2) is 62.8 Å². The van der Waals surface area contributed by atoms with Gasteiger partial charge < -0.3 is 15.2 Å². The first-order valence-corrected chi connectivity index (χ1v) is 17.3. The standard InChI is InChI=1S/C37H49N7O2/c1-5-10-27-19-26(4)41-37(46)32(27)23-39-36(45)31-20-29(21-34-33(31)24-40-44(34)30-11-8-6-7-9-12-30)28-13-14-35(38-22-28)43-17-15-42(16-18-43)25(2)3/h13-14,19-22,24-25,30H,5-12,15-18,23H2,1-4H3,(H,39,45)(H,41,46). The molecule has 2 fully saturated rings. The zero-order valence-electron chi connectivity index (χ0n) is 27.9. The van der Waals surface area contributed by atoms with Gasteiger partial charge in [-0.05, 0) is 81.5 Å². The number of nitrogens with one attached hydrogen (secondary N) is 2. The number of aryl methyl sites for hydroxylation is 2. The molecule has 9 heteroatoms. The minimum atomic E-state index is -0.206. The number of fused-ring (bicyclic) bond motifs is 1. The van der Waals surface area contributed by atoms with E-state index >= 15 is 0 Å². The van der Waals surface area contributed by atoms with Gasteiger partial charge in [-0.1, -0.05) is 39.0 Å². The molecule has 4 aromatic rings. The number of nitrogens with zero attached hydrogens (tertiary/aromatic N) is 5. The SMILES string of the molecule is CCCc1cc(C)[nH]c(=O)c1CNC(=O)c1cc(-c2ccc(N3CCN(C(C)C)CC3)nc2)cc2c1cnn2C1CCCCCC1. The summed E-state index contributed by atoms with van der Waals surface area (Å²) in [4.78, 5) is 39.5. The van der Waals surface area contributed by atoms with Gasteiger partial charge >= 0.3 is 0 Å². The average molecular weight is 624 g/mol. The molecule has 6 rings (SSSR count). The lowest BCUT2D eigenvalue weighted by Crippen LogP contribution is -2.49. The molecule has 1 amide bonds. The Morgan fingerprint density at radius 2 is 1.76 bits per heavy atom. The van der Waals surface area contributed by atoms with Crippen molar-refractivity contribution in [1.29, 1.82) is 0 Å². The molecule has 0 atom stereocenters. The molecular formula is C37H49N7O2. The molecule has 244 valence electrons. The maximum absolute atomic E-state index is 14.0. The summed E-state index contributed by atoms with van der Waals surface area (Å²) in [6.07, 6.45) is 12.6. The molecular weight excluding hydrogens is 574 g/mol. The van der Waals surface area contributed by atoms with Crippen molar-refractivity contribution >= 4 is 22.6 Å². The number of rotatable bonds is 9. The fourth-order valence-electron chi connectivity index (χ4n) is 7.24. The van der Waals surface area contributed by atoms with Crippen molar-refractivity contribution in [1.82, 2.24) is 30.0 Å². The molecule has 1 saturated carbocycles. The monoisotopic (exact) mass is 623 g/mol. The number of piperazine rings is 1. The number of amides is 1. The Morgan fingerprint density at radius 3 is 2.43 bits per heavy atom. The summed E-state index contributed by atoms with van der Waals surface area (Å²) in [5, 5.41) is 8.79. The summed E-state index contributed by atoms with van der Waals surface area (Å²) in [5.74, 6) is 0.781. The van der Waals surface area contributed by atoms with Gasteiger partial charge in [-0.25, -0.2) is 4.98 Å². The summed E-state index contributed by atoms with van der Waals surface area (Å²) in [6, 6.07) is 11.2. The lowest BCUT2D eigenvalue weighted by Gasteiger charge is -2.37. The number of anilines is 1. The Morgan fingerprint density at radius 1 is 1.00 bits per heavy atom. The second-order valence-electron chi connectivity index (χ2n) is 13.4. The maximum Gasteiger partial charge on any atom is 0.253 e. The quantitative estimate of drug-likeness (QED) is 0.209. The zero-order chi connectivity index (χ0) is 32.2. The van der Waals surface area contributed by atoms with Crippen LogP contribution >= 0.6 is 0 Å². The van der Waals surface area contributed by atoms with Gasteiger partial charge in [-0.3, -0.25) is 19.2 Å². The van der Waals surface area contributed by atoms with Crippen LogP contribution in [0.3, 0.4) is 0 Å². The first-order chi connectivity index (χ1) is 22.3. The van der Waals surface area contributed by atoms with Crippen LogP contribution in [0.2, 0.25) is 0 Å². The Hall–Kier alpha value is -3.98. The zero-order valence-corrected chi connectivity index (χ0v) is 27.9. The van der Waals surface area contributed by atoms with Crippen molar-refractivity contribution in [3.8, 4) is 11.1 Å². The molecule has 1 aromatic carbocycles. The van der Waals surface area contributed by atoms with E-state index in [9.17, 15) is 9.59 Å². The normalized spacial score (nSPS) is 16.7. The minimum absolute atomic E-state index is 0.138. The highest BCUT2D eigenvalue weighted by molar-refractivity contribution is 6.08. The molecule has 1 aliphatic heterocycles. The number of aromatic amines is 1. The number of hydrogen-bond donors (Lipinski definition) is 2. The van der Waals surface area contributed by atoms with Crippen LogP contribution in [-0.2, 0) is 13.0 Å². The van der Waals surface area contributed by atoms with Gasteiger partial charge in [0.2, 0.25) is 0 Å². The topological polar surface area (TPSA) is 99.2 Å². The van der Waals surface area contributed by atoms with Crippen molar-refractivity contribution < 1.29 is 4.79 Å². The summed E-state index contributed by atoms with van der Waals surface area (Å²) in [5.41, 5.74) is 5.76. The van der Waals surface area contributed by atoms with Gasteiger partial charge in [0.1, 0.15) is 5.82 Å². The summed E-state index contributed by atoms with van der Waals surface area (Å²) in [6.45, 7) is 12.7. The third-order valence-corrected chi connectivity index (χ3v) is 9.89. The van der Waals surface area contributed by atoms with Crippen LogP contribution in [0, 0.1) is 6.92 Å². The Bertz CT molecular complexity index is 1710. The molecule has 1 aliphatic carbocycles. The second-order valence-corrected chi connectivity index (χ2v) is 13.4. The van der Waals surface area contributed by atoms with E-state index in [1.54, 1.807) is 0 Å². The summed E-state index contributed by atoms with van der Waals surface area (Å²) >= 11 is 0. The van der Waals surface area contributed by atoms with Crippen molar-refractivity contribution in [3.63, 3.8) is 0 Å². The predicted octanol–water partition coefficient (Wildman–Crippen LogP) is 6.40. The van der Waals surface area contributed by atoms with Crippen LogP contribution in [0.1, 0.15) is 98.9 Å². The van der Waals surface area contributed by atoms with E-state index < -0.39 is 0 Å². The predicted molar refractivity (Wildman–Crippen MR) is 186 cm³/mol.